The number of sulfone groups is 1. The van der Waals surface area contributed by atoms with E-state index in [1.165, 1.54) is 4.90 Å². The molecule has 1 amide bonds. The Hall–Kier alpha value is -1.80. The molecule has 0 saturated heterocycles. The monoisotopic (exact) mass is 311 g/mol. The van der Waals surface area contributed by atoms with E-state index < -0.39 is 9.84 Å². The highest BCUT2D eigenvalue weighted by molar-refractivity contribution is 7.92. The van der Waals surface area contributed by atoms with Crippen molar-refractivity contribution in [3.8, 4) is 11.4 Å². The minimum atomic E-state index is -3.34. The van der Waals surface area contributed by atoms with Gasteiger partial charge in [-0.1, -0.05) is 12.1 Å². The fraction of sp³-hybridized carbons (Fsp3) is 0.250. The SMILES string of the molecule is CN(C)C(=O)c1ccc(-c2nsc(S(C)(=O)=O)n2)cc1. The summed E-state index contributed by atoms with van der Waals surface area (Å²) < 4.78 is 26.7. The van der Waals surface area contributed by atoms with Crippen LogP contribution in [0, 0.1) is 0 Å². The normalized spacial score (nSPS) is 11.3. The van der Waals surface area contributed by atoms with Gasteiger partial charge < -0.3 is 4.90 Å². The molecule has 0 fully saturated rings. The number of amides is 1. The Morgan fingerprint density at radius 2 is 1.80 bits per heavy atom. The summed E-state index contributed by atoms with van der Waals surface area (Å²) in [5.41, 5.74) is 1.23. The first-order valence-corrected chi connectivity index (χ1v) is 8.31. The summed E-state index contributed by atoms with van der Waals surface area (Å²) in [6, 6.07) is 6.73. The predicted octanol–water partition coefficient (Wildman–Crippen LogP) is 1.31. The molecule has 0 aliphatic carbocycles. The molecule has 0 unspecified atom stereocenters. The fourth-order valence-corrected chi connectivity index (χ4v) is 2.84. The summed E-state index contributed by atoms with van der Waals surface area (Å²) in [5, 5.41) is 0. The fourth-order valence-electron chi connectivity index (χ4n) is 1.50. The Balaban J connectivity index is 2.31. The number of hydrogen-bond acceptors (Lipinski definition) is 6. The van der Waals surface area contributed by atoms with Crippen LogP contribution in [0.2, 0.25) is 0 Å². The predicted molar refractivity (Wildman–Crippen MR) is 76.5 cm³/mol. The molecular weight excluding hydrogens is 298 g/mol. The summed E-state index contributed by atoms with van der Waals surface area (Å²) >= 11 is 0.842. The van der Waals surface area contributed by atoms with Gasteiger partial charge in [-0.2, -0.15) is 4.37 Å². The number of hydrogen-bond donors (Lipinski definition) is 0. The standard InChI is InChI=1S/C12H13N3O3S2/c1-15(2)11(16)9-6-4-8(5-7-9)10-13-12(19-14-10)20(3,17)18/h4-7H,1-3H3. The Labute approximate surface area is 121 Å². The van der Waals surface area contributed by atoms with Crippen LogP contribution in [0.3, 0.4) is 0 Å². The molecule has 1 aromatic carbocycles. The molecule has 0 atom stereocenters. The van der Waals surface area contributed by atoms with Gasteiger partial charge in [-0.15, -0.1) is 0 Å². The Kier molecular flexibility index (Phi) is 3.87. The first-order valence-electron chi connectivity index (χ1n) is 5.65. The molecule has 2 aromatic rings. The van der Waals surface area contributed by atoms with Crippen LogP contribution in [0.5, 0.6) is 0 Å². The molecule has 0 N–H and O–H groups in total. The van der Waals surface area contributed by atoms with Crippen molar-refractivity contribution in [2.45, 2.75) is 4.34 Å². The van der Waals surface area contributed by atoms with Crippen molar-refractivity contribution in [1.82, 2.24) is 14.3 Å². The van der Waals surface area contributed by atoms with Crippen LogP contribution in [0.1, 0.15) is 10.4 Å². The molecule has 2 rings (SSSR count). The molecule has 0 radical (unpaired) electrons. The Morgan fingerprint density at radius 3 is 2.25 bits per heavy atom. The molecule has 20 heavy (non-hydrogen) atoms. The molecule has 6 nitrogen and oxygen atoms in total. The van der Waals surface area contributed by atoms with Crippen molar-refractivity contribution in [2.75, 3.05) is 20.4 Å². The molecular formula is C12H13N3O3S2. The van der Waals surface area contributed by atoms with Gasteiger partial charge in [0.05, 0.1) is 0 Å². The van der Waals surface area contributed by atoms with Crippen molar-refractivity contribution in [3.63, 3.8) is 0 Å². The molecule has 8 heteroatoms. The summed E-state index contributed by atoms with van der Waals surface area (Å²) in [4.78, 5) is 17.2. The van der Waals surface area contributed by atoms with E-state index >= 15 is 0 Å². The number of carbonyl (C=O) groups is 1. The van der Waals surface area contributed by atoms with Crippen LogP contribution in [0.15, 0.2) is 28.6 Å². The van der Waals surface area contributed by atoms with Gasteiger partial charge in [0.25, 0.3) is 5.91 Å². The van der Waals surface area contributed by atoms with E-state index in [9.17, 15) is 13.2 Å². The lowest BCUT2D eigenvalue weighted by atomic mass is 10.1. The van der Waals surface area contributed by atoms with Gasteiger partial charge in [0.1, 0.15) is 0 Å². The summed E-state index contributed by atoms with van der Waals surface area (Å²) in [5.74, 6) is 0.249. The zero-order chi connectivity index (χ0) is 14.9. The lowest BCUT2D eigenvalue weighted by Crippen LogP contribution is -2.21. The van der Waals surface area contributed by atoms with E-state index in [2.05, 4.69) is 9.36 Å². The highest BCUT2D eigenvalue weighted by Gasteiger charge is 2.15. The van der Waals surface area contributed by atoms with E-state index in [0.717, 1.165) is 17.8 Å². The average Bonchev–Trinajstić information content (AvgIpc) is 2.87. The van der Waals surface area contributed by atoms with E-state index in [4.69, 9.17) is 0 Å². The zero-order valence-electron chi connectivity index (χ0n) is 11.2. The molecule has 0 bridgehead atoms. The van der Waals surface area contributed by atoms with Crippen molar-refractivity contribution >= 4 is 27.3 Å². The summed E-state index contributed by atoms with van der Waals surface area (Å²) in [6.07, 6.45) is 1.09. The molecule has 106 valence electrons. The van der Waals surface area contributed by atoms with Crippen LogP contribution >= 0.6 is 11.5 Å². The summed E-state index contributed by atoms with van der Waals surface area (Å²) in [6.45, 7) is 0. The number of benzene rings is 1. The number of carbonyl (C=O) groups excluding carboxylic acids is 1. The van der Waals surface area contributed by atoms with E-state index in [0.29, 0.717) is 17.0 Å². The van der Waals surface area contributed by atoms with Gasteiger partial charge >= 0.3 is 0 Å². The van der Waals surface area contributed by atoms with Crippen LogP contribution in [0.25, 0.3) is 11.4 Å². The lowest BCUT2D eigenvalue weighted by Gasteiger charge is -2.09. The van der Waals surface area contributed by atoms with E-state index in [1.807, 2.05) is 0 Å². The number of rotatable bonds is 3. The van der Waals surface area contributed by atoms with Gasteiger partial charge in [0.15, 0.2) is 5.82 Å². The maximum Gasteiger partial charge on any atom is 0.253 e. The average molecular weight is 311 g/mol. The van der Waals surface area contributed by atoms with Gasteiger partial charge in [-0.05, 0) is 23.7 Å². The smallest absolute Gasteiger partial charge is 0.253 e. The van der Waals surface area contributed by atoms with Crippen molar-refractivity contribution in [1.29, 1.82) is 0 Å². The minimum Gasteiger partial charge on any atom is -0.345 e. The van der Waals surface area contributed by atoms with Crippen LogP contribution in [-0.2, 0) is 9.84 Å². The zero-order valence-corrected chi connectivity index (χ0v) is 12.8. The third-order valence-corrected chi connectivity index (χ3v) is 4.89. The van der Waals surface area contributed by atoms with Crippen molar-refractivity contribution in [3.05, 3.63) is 29.8 Å². The first kappa shape index (κ1) is 14.6. The van der Waals surface area contributed by atoms with E-state index in [1.54, 1.807) is 38.4 Å². The molecule has 0 aliphatic heterocycles. The highest BCUT2D eigenvalue weighted by atomic mass is 32.2. The Bertz CT molecular complexity index is 734. The van der Waals surface area contributed by atoms with Gasteiger partial charge in [-0.25, -0.2) is 13.4 Å². The van der Waals surface area contributed by atoms with E-state index in [-0.39, 0.29) is 10.2 Å². The molecule has 0 aliphatic rings. The second-order valence-corrected chi connectivity index (χ2v) is 7.37. The van der Waals surface area contributed by atoms with Gasteiger partial charge in [0, 0.05) is 31.5 Å². The molecule has 0 spiro atoms. The van der Waals surface area contributed by atoms with Gasteiger partial charge in [-0.3, -0.25) is 4.79 Å². The lowest BCUT2D eigenvalue weighted by molar-refractivity contribution is 0.0827. The maximum atomic E-state index is 11.7. The summed E-state index contributed by atoms with van der Waals surface area (Å²) in [7, 11) is 0.0157. The molecule has 0 saturated carbocycles. The first-order chi connectivity index (χ1) is 9.29. The quantitative estimate of drug-likeness (QED) is 0.854. The molecule has 1 heterocycles. The largest absolute Gasteiger partial charge is 0.345 e. The highest BCUT2D eigenvalue weighted by Crippen LogP contribution is 2.21. The minimum absolute atomic E-state index is 0.0130. The second kappa shape index (κ2) is 5.29. The number of aromatic nitrogens is 2. The molecule has 1 aromatic heterocycles. The van der Waals surface area contributed by atoms with Crippen LogP contribution < -0.4 is 0 Å². The van der Waals surface area contributed by atoms with Crippen molar-refractivity contribution < 1.29 is 13.2 Å². The third kappa shape index (κ3) is 3.02. The number of nitrogens with zero attached hydrogens (tertiary/aromatic N) is 3. The van der Waals surface area contributed by atoms with Gasteiger partial charge in [0.2, 0.25) is 14.2 Å². The maximum absolute atomic E-state index is 11.7. The Morgan fingerprint density at radius 1 is 1.20 bits per heavy atom. The third-order valence-electron chi connectivity index (χ3n) is 2.52. The second-order valence-electron chi connectivity index (χ2n) is 4.43. The topological polar surface area (TPSA) is 80.2 Å². The van der Waals surface area contributed by atoms with Crippen LogP contribution in [0.4, 0.5) is 0 Å². The van der Waals surface area contributed by atoms with Crippen LogP contribution in [-0.4, -0.2) is 48.9 Å². The van der Waals surface area contributed by atoms with Crippen molar-refractivity contribution in [2.24, 2.45) is 0 Å².